The average Bonchev–Trinajstić information content (AvgIpc) is 3.07. The predicted octanol–water partition coefficient (Wildman–Crippen LogP) is 3.00. The van der Waals surface area contributed by atoms with Crippen LogP contribution in [0.25, 0.3) is 11.3 Å². The van der Waals surface area contributed by atoms with E-state index >= 15 is 0 Å². The van der Waals surface area contributed by atoms with Crippen LogP contribution in [-0.4, -0.2) is 14.8 Å². The number of benzene rings is 1. The number of nitrogens with one attached hydrogen (secondary N) is 1. The second-order valence-electron chi connectivity index (χ2n) is 4.71. The van der Waals surface area contributed by atoms with E-state index in [2.05, 4.69) is 15.4 Å². The smallest absolute Gasteiger partial charge is 0.181 e. The molecular weight excluding hydrogens is 252 g/mol. The van der Waals surface area contributed by atoms with Gasteiger partial charge < -0.3 is 9.73 Å². The van der Waals surface area contributed by atoms with Crippen molar-refractivity contribution in [1.82, 2.24) is 14.8 Å². The van der Waals surface area contributed by atoms with Crippen LogP contribution >= 0.6 is 0 Å². The van der Waals surface area contributed by atoms with Crippen LogP contribution in [0.15, 0.2) is 47.5 Å². The van der Waals surface area contributed by atoms with Crippen molar-refractivity contribution in [2.45, 2.75) is 13.5 Å². The first-order chi connectivity index (χ1) is 9.72. The minimum atomic E-state index is 0.750. The molecule has 0 atom stereocenters. The predicted molar refractivity (Wildman–Crippen MR) is 77.2 cm³/mol. The third-order valence-electron chi connectivity index (χ3n) is 3.18. The van der Waals surface area contributed by atoms with Gasteiger partial charge in [0.1, 0.15) is 0 Å². The largest absolute Gasteiger partial charge is 0.444 e. The second-order valence-corrected chi connectivity index (χ2v) is 4.71. The van der Waals surface area contributed by atoms with E-state index < -0.39 is 0 Å². The molecule has 5 heteroatoms. The van der Waals surface area contributed by atoms with Crippen LogP contribution in [0.3, 0.4) is 0 Å². The Balaban J connectivity index is 1.75. The quantitative estimate of drug-likeness (QED) is 0.790. The molecular formula is C15H16N4O. The zero-order valence-corrected chi connectivity index (χ0v) is 11.5. The van der Waals surface area contributed by atoms with Crippen LogP contribution < -0.4 is 5.32 Å². The number of rotatable bonds is 4. The molecule has 2 aromatic heterocycles. The van der Waals surface area contributed by atoms with Crippen molar-refractivity contribution < 1.29 is 4.42 Å². The number of aromatic nitrogens is 3. The Morgan fingerprint density at radius 2 is 2.25 bits per heavy atom. The minimum absolute atomic E-state index is 0.750. The topological polar surface area (TPSA) is 55.9 Å². The Kier molecular flexibility index (Phi) is 3.25. The van der Waals surface area contributed by atoms with Gasteiger partial charge in [0.05, 0.1) is 11.9 Å². The van der Waals surface area contributed by atoms with E-state index in [0.717, 1.165) is 29.2 Å². The summed E-state index contributed by atoms with van der Waals surface area (Å²) in [6, 6.07) is 8.08. The van der Waals surface area contributed by atoms with E-state index in [9.17, 15) is 0 Å². The maximum absolute atomic E-state index is 5.31. The summed E-state index contributed by atoms with van der Waals surface area (Å²) in [5.74, 6) is 0.770. The summed E-state index contributed by atoms with van der Waals surface area (Å²) >= 11 is 0. The molecule has 20 heavy (non-hydrogen) atoms. The van der Waals surface area contributed by atoms with Crippen LogP contribution in [-0.2, 0) is 13.6 Å². The molecule has 1 aromatic carbocycles. The van der Waals surface area contributed by atoms with Crippen LogP contribution in [0.2, 0.25) is 0 Å². The van der Waals surface area contributed by atoms with Crippen molar-refractivity contribution in [3.63, 3.8) is 0 Å². The van der Waals surface area contributed by atoms with Gasteiger partial charge in [-0.25, -0.2) is 4.98 Å². The lowest BCUT2D eigenvalue weighted by Crippen LogP contribution is -1.99. The molecule has 0 aliphatic rings. The van der Waals surface area contributed by atoms with Gasteiger partial charge in [-0.05, 0) is 19.1 Å². The number of hydrogen-bond donors (Lipinski definition) is 1. The molecule has 0 spiro atoms. The first-order valence-electron chi connectivity index (χ1n) is 6.44. The molecule has 0 saturated carbocycles. The van der Waals surface area contributed by atoms with E-state index in [-0.39, 0.29) is 0 Å². The van der Waals surface area contributed by atoms with E-state index in [0.29, 0.717) is 0 Å². The molecule has 102 valence electrons. The number of oxazole rings is 1. The number of aryl methyl sites for hydroxylation is 2. The van der Waals surface area contributed by atoms with Gasteiger partial charge in [-0.1, -0.05) is 12.1 Å². The Hall–Kier alpha value is -2.56. The summed E-state index contributed by atoms with van der Waals surface area (Å²) in [6.45, 7) is 2.77. The Morgan fingerprint density at radius 3 is 2.95 bits per heavy atom. The fraction of sp³-hybridized carbons (Fsp3) is 0.200. The van der Waals surface area contributed by atoms with Gasteiger partial charge in [0.15, 0.2) is 12.2 Å². The van der Waals surface area contributed by atoms with Crippen molar-refractivity contribution in [3.05, 3.63) is 54.3 Å². The second kappa shape index (κ2) is 5.21. The van der Waals surface area contributed by atoms with Crippen LogP contribution in [0.1, 0.15) is 11.3 Å². The van der Waals surface area contributed by atoms with Crippen molar-refractivity contribution in [1.29, 1.82) is 0 Å². The maximum Gasteiger partial charge on any atom is 0.181 e. The molecule has 3 rings (SSSR count). The Labute approximate surface area is 117 Å². The zero-order chi connectivity index (χ0) is 13.9. The summed E-state index contributed by atoms with van der Waals surface area (Å²) < 4.78 is 7.14. The maximum atomic E-state index is 5.31. The summed E-state index contributed by atoms with van der Waals surface area (Å²) in [5.41, 5.74) is 4.29. The molecule has 5 nitrogen and oxygen atoms in total. The molecule has 0 amide bonds. The van der Waals surface area contributed by atoms with Crippen LogP contribution in [0.5, 0.6) is 0 Å². The average molecular weight is 268 g/mol. The molecule has 0 aliphatic heterocycles. The highest BCUT2D eigenvalue weighted by atomic mass is 16.3. The molecule has 2 heterocycles. The summed E-state index contributed by atoms with van der Waals surface area (Å²) in [6.07, 6.45) is 5.18. The molecule has 0 saturated heterocycles. The van der Waals surface area contributed by atoms with Gasteiger partial charge in [0.25, 0.3) is 0 Å². The van der Waals surface area contributed by atoms with Crippen LogP contribution in [0, 0.1) is 6.92 Å². The lowest BCUT2D eigenvalue weighted by atomic mass is 10.1. The molecule has 0 radical (unpaired) electrons. The summed E-state index contributed by atoms with van der Waals surface area (Å²) in [5, 5.41) is 7.74. The Bertz CT molecular complexity index is 700. The van der Waals surface area contributed by atoms with Gasteiger partial charge >= 0.3 is 0 Å². The van der Waals surface area contributed by atoms with E-state index in [4.69, 9.17) is 4.42 Å². The minimum Gasteiger partial charge on any atom is -0.444 e. The van der Waals surface area contributed by atoms with E-state index in [1.807, 2.05) is 49.1 Å². The van der Waals surface area contributed by atoms with Crippen LogP contribution in [0.4, 0.5) is 5.69 Å². The summed E-state index contributed by atoms with van der Waals surface area (Å²) in [4.78, 5) is 3.94. The first-order valence-corrected chi connectivity index (χ1v) is 6.44. The summed E-state index contributed by atoms with van der Waals surface area (Å²) in [7, 11) is 1.93. The fourth-order valence-corrected chi connectivity index (χ4v) is 2.16. The Morgan fingerprint density at radius 1 is 1.35 bits per heavy atom. The fourth-order valence-electron chi connectivity index (χ4n) is 2.16. The highest BCUT2D eigenvalue weighted by Gasteiger charge is 2.05. The number of hydrogen-bond acceptors (Lipinski definition) is 4. The van der Waals surface area contributed by atoms with Crippen molar-refractivity contribution >= 4 is 5.69 Å². The SMILES string of the molecule is Cc1nn(C)cc1CNc1cccc(-c2cnco2)c1. The molecule has 0 aliphatic carbocycles. The third-order valence-corrected chi connectivity index (χ3v) is 3.18. The monoisotopic (exact) mass is 268 g/mol. The van der Waals surface area contributed by atoms with Crippen molar-refractivity contribution in [2.75, 3.05) is 5.32 Å². The highest BCUT2D eigenvalue weighted by Crippen LogP contribution is 2.22. The molecule has 0 fully saturated rings. The zero-order valence-electron chi connectivity index (χ0n) is 11.5. The van der Waals surface area contributed by atoms with Gasteiger partial charge in [-0.2, -0.15) is 5.10 Å². The highest BCUT2D eigenvalue weighted by molar-refractivity contribution is 5.63. The van der Waals surface area contributed by atoms with Gasteiger partial charge in [-0.3, -0.25) is 4.68 Å². The molecule has 0 unspecified atom stereocenters. The molecule has 3 aromatic rings. The van der Waals surface area contributed by atoms with Crippen molar-refractivity contribution in [2.24, 2.45) is 7.05 Å². The van der Waals surface area contributed by atoms with Crippen molar-refractivity contribution in [3.8, 4) is 11.3 Å². The lowest BCUT2D eigenvalue weighted by molar-refractivity contribution is 0.572. The van der Waals surface area contributed by atoms with E-state index in [1.54, 1.807) is 6.20 Å². The van der Waals surface area contributed by atoms with Gasteiger partial charge in [0, 0.05) is 36.6 Å². The first kappa shape index (κ1) is 12.5. The van der Waals surface area contributed by atoms with Gasteiger partial charge in [-0.15, -0.1) is 0 Å². The third kappa shape index (κ3) is 2.56. The number of anilines is 1. The normalized spacial score (nSPS) is 10.7. The molecule has 1 N–H and O–H groups in total. The van der Waals surface area contributed by atoms with E-state index in [1.165, 1.54) is 12.0 Å². The molecule has 0 bridgehead atoms. The number of nitrogens with zero attached hydrogens (tertiary/aromatic N) is 3. The standard InChI is InChI=1S/C15H16N4O/c1-11-13(9-19(2)18-11)7-17-14-5-3-4-12(6-14)15-8-16-10-20-15/h3-6,8-10,17H,7H2,1-2H3. The van der Waals surface area contributed by atoms with Gasteiger partial charge in [0.2, 0.25) is 0 Å². The lowest BCUT2D eigenvalue weighted by Gasteiger charge is -2.06.